The third-order valence-electron chi connectivity index (χ3n) is 2.90. The number of hydrogen-bond donors (Lipinski definition) is 1. The summed E-state index contributed by atoms with van der Waals surface area (Å²) in [4.78, 5) is 4.29. The predicted molar refractivity (Wildman–Crippen MR) is 70.0 cm³/mol. The Balaban J connectivity index is 2.16. The topological polar surface area (TPSA) is 51.0 Å². The molecule has 0 radical (unpaired) electrons. The summed E-state index contributed by atoms with van der Waals surface area (Å²) >= 11 is 0. The van der Waals surface area contributed by atoms with Gasteiger partial charge in [-0.05, 0) is 24.6 Å². The average Bonchev–Trinajstić information content (AvgIpc) is 2.88. The molecule has 0 aliphatic carbocycles. The first-order valence-electron chi connectivity index (χ1n) is 5.94. The molecule has 0 bridgehead atoms. The van der Waals surface area contributed by atoms with E-state index in [2.05, 4.69) is 15.5 Å². The highest BCUT2D eigenvalue weighted by molar-refractivity contribution is 5.95. The zero-order chi connectivity index (χ0) is 13.2. The van der Waals surface area contributed by atoms with Gasteiger partial charge in [0.1, 0.15) is 5.82 Å². The molecule has 1 N–H and O–H groups in total. The van der Waals surface area contributed by atoms with E-state index >= 15 is 0 Å². The zero-order valence-electron chi connectivity index (χ0n) is 10.4. The summed E-state index contributed by atoms with van der Waals surface area (Å²) in [7, 11) is 1.81. The van der Waals surface area contributed by atoms with Gasteiger partial charge in [0.25, 0.3) is 5.89 Å². The van der Waals surface area contributed by atoms with Gasteiger partial charge in [-0.3, -0.25) is 0 Å². The van der Waals surface area contributed by atoms with Crippen LogP contribution in [0.25, 0.3) is 22.2 Å². The third-order valence-corrected chi connectivity index (χ3v) is 2.90. The van der Waals surface area contributed by atoms with Crippen molar-refractivity contribution >= 4 is 10.8 Å². The molecule has 5 heteroatoms. The molecule has 19 heavy (non-hydrogen) atoms. The van der Waals surface area contributed by atoms with E-state index in [9.17, 15) is 4.39 Å². The largest absolute Gasteiger partial charge is 0.334 e. The van der Waals surface area contributed by atoms with E-state index in [1.807, 2.05) is 19.2 Å². The lowest BCUT2D eigenvalue weighted by Gasteiger charge is -2.03. The van der Waals surface area contributed by atoms with Crippen LogP contribution in [-0.4, -0.2) is 17.2 Å². The lowest BCUT2D eigenvalue weighted by molar-refractivity contribution is 0.421. The fourth-order valence-corrected chi connectivity index (χ4v) is 2.04. The van der Waals surface area contributed by atoms with Crippen molar-refractivity contribution in [3.63, 3.8) is 0 Å². The van der Waals surface area contributed by atoms with Crippen LogP contribution in [0.2, 0.25) is 0 Å². The smallest absolute Gasteiger partial charge is 0.258 e. The first-order valence-corrected chi connectivity index (χ1v) is 5.94. The minimum atomic E-state index is -0.255. The minimum absolute atomic E-state index is 0.255. The molecule has 2 aromatic carbocycles. The van der Waals surface area contributed by atoms with Crippen molar-refractivity contribution < 1.29 is 8.91 Å². The highest BCUT2D eigenvalue weighted by atomic mass is 19.1. The molecule has 0 amide bonds. The van der Waals surface area contributed by atoms with Crippen LogP contribution in [0, 0.1) is 5.82 Å². The lowest BCUT2D eigenvalue weighted by Crippen LogP contribution is -2.06. The van der Waals surface area contributed by atoms with Crippen LogP contribution in [0.5, 0.6) is 0 Å². The first kappa shape index (κ1) is 11.8. The van der Waals surface area contributed by atoms with Crippen molar-refractivity contribution in [2.45, 2.75) is 6.54 Å². The van der Waals surface area contributed by atoms with E-state index in [0.29, 0.717) is 23.6 Å². The normalized spacial score (nSPS) is 11.1. The molecule has 0 aliphatic heterocycles. The van der Waals surface area contributed by atoms with Crippen LogP contribution in [0.15, 0.2) is 40.9 Å². The van der Waals surface area contributed by atoms with Crippen molar-refractivity contribution in [2.24, 2.45) is 0 Å². The van der Waals surface area contributed by atoms with E-state index in [-0.39, 0.29) is 5.82 Å². The van der Waals surface area contributed by atoms with Crippen molar-refractivity contribution in [1.82, 2.24) is 15.5 Å². The lowest BCUT2D eigenvalue weighted by atomic mass is 10.0. The number of benzene rings is 2. The number of fused-ring (bicyclic) bond motifs is 1. The van der Waals surface area contributed by atoms with Crippen LogP contribution >= 0.6 is 0 Å². The van der Waals surface area contributed by atoms with Gasteiger partial charge >= 0.3 is 0 Å². The van der Waals surface area contributed by atoms with Crippen LogP contribution in [0.3, 0.4) is 0 Å². The van der Waals surface area contributed by atoms with Gasteiger partial charge < -0.3 is 9.84 Å². The second kappa shape index (κ2) is 4.78. The summed E-state index contributed by atoms with van der Waals surface area (Å²) in [5.41, 5.74) is 0.742. The van der Waals surface area contributed by atoms with Crippen molar-refractivity contribution in [3.05, 3.63) is 48.0 Å². The summed E-state index contributed by atoms with van der Waals surface area (Å²) in [6.07, 6.45) is 0. The highest BCUT2D eigenvalue weighted by Gasteiger charge is 2.13. The van der Waals surface area contributed by atoms with Gasteiger partial charge in [-0.1, -0.05) is 29.4 Å². The Bertz CT molecular complexity index is 724. The molecule has 3 aromatic rings. The summed E-state index contributed by atoms with van der Waals surface area (Å²) in [6, 6.07) is 10.3. The Morgan fingerprint density at radius 2 is 1.95 bits per heavy atom. The SMILES string of the molecule is CNCc1noc(-c2ccc(F)c3ccccc23)n1. The Hall–Kier alpha value is -2.27. The Morgan fingerprint density at radius 1 is 1.16 bits per heavy atom. The number of aromatic nitrogens is 2. The number of rotatable bonds is 3. The molecular formula is C14H12FN3O. The second-order valence-corrected chi connectivity index (χ2v) is 4.19. The second-order valence-electron chi connectivity index (χ2n) is 4.19. The van der Waals surface area contributed by atoms with Crippen LogP contribution in [0.4, 0.5) is 4.39 Å². The molecule has 1 heterocycles. The number of nitrogens with one attached hydrogen (secondary N) is 1. The van der Waals surface area contributed by atoms with Gasteiger partial charge in [-0.2, -0.15) is 4.98 Å². The fourth-order valence-electron chi connectivity index (χ4n) is 2.04. The monoisotopic (exact) mass is 257 g/mol. The summed E-state index contributed by atoms with van der Waals surface area (Å²) in [5.74, 6) is 0.724. The van der Waals surface area contributed by atoms with Gasteiger partial charge in [0, 0.05) is 10.9 Å². The maximum Gasteiger partial charge on any atom is 0.258 e. The molecule has 3 rings (SSSR count). The summed E-state index contributed by atoms with van der Waals surface area (Å²) in [5, 5.41) is 8.13. The quantitative estimate of drug-likeness (QED) is 0.783. The van der Waals surface area contributed by atoms with Crippen molar-refractivity contribution in [3.8, 4) is 11.5 Å². The minimum Gasteiger partial charge on any atom is -0.334 e. The average molecular weight is 257 g/mol. The molecular weight excluding hydrogens is 245 g/mol. The Labute approximate surface area is 109 Å². The molecule has 0 saturated carbocycles. The standard InChI is InChI=1S/C14H12FN3O/c1-16-8-13-17-14(19-18-13)11-6-7-12(15)10-5-3-2-4-9(10)11/h2-7,16H,8H2,1H3. The highest BCUT2D eigenvalue weighted by Crippen LogP contribution is 2.29. The fraction of sp³-hybridized carbons (Fsp3) is 0.143. The van der Waals surface area contributed by atoms with Crippen molar-refractivity contribution in [2.75, 3.05) is 7.05 Å². The zero-order valence-corrected chi connectivity index (χ0v) is 10.4. The molecule has 0 unspecified atom stereocenters. The van der Waals surface area contributed by atoms with E-state index < -0.39 is 0 Å². The van der Waals surface area contributed by atoms with Gasteiger partial charge in [0.15, 0.2) is 5.82 Å². The van der Waals surface area contributed by atoms with Crippen LogP contribution in [0.1, 0.15) is 5.82 Å². The Morgan fingerprint density at radius 3 is 2.74 bits per heavy atom. The maximum atomic E-state index is 13.7. The number of halogens is 1. The van der Waals surface area contributed by atoms with Crippen LogP contribution < -0.4 is 5.32 Å². The van der Waals surface area contributed by atoms with Crippen molar-refractivity contribution in [1.29, 1.82) is 0 Å². The molecule has 4 nitrogen and oxygen atoms in total. The maximum absolute atomic E-state index is 13.7. The van der Waals surface area contributed by atoms with E-state index in [1.165, 1.54) is 6.07 Å². The molecule has 0 saturated heterocycles. The summed E-state index contributed by atoms with van der Waals surface area (Å²) in [6.45, 7) is 0.530. The van der Waals surface area contributed by atoms with E-state index in [0.717, 1.165) is 10.9 Å². The van der Waals surface area contributed by atoms with Crippen LogP contribution in [-0.2, 0) is 6.54 Å². The number of nitrogens with zero attached hydrogens (tertiary/aromatic N) is 2. The van der Waals surface area contributed by atoms with E-state index in [4.69, 9.17) is 4.52 Å². The van der Waals surface area contributed by atoms with E-state index in [1.54, 1.807) is 18.2 Å². The predicted octanol–water partition coefficient (Wildman–Crippen LogP) is 2.75. The van der Waals surface area contributed by atoms with Gasteiger partial charge in [0.2, 0.25) is 0 Å². The molecule has 96 valence electrons. The van der Waals surface area contributed by atoms with Gasteiger partial charge in [0.05, 0.1) is 6.54 Å². The molecule has 0 aliphatic rings. The molecule has 1 aromatic heterocycles. The molecule has 0 atom stereocenters. The molecule has 0 spiro atoms. The van der Waals surface area contributed by atoms with Gasteiger partial charge in [-0.15, -0.1) is 0 Å². The third kappa shape index (κ3) is 2.08. The Kier molecular flexibility index (Phi) is 2.97. The molecule has 0 fully saturated rings. The first-order chi connectivity index (χ1) is 9.29. The number of hydrogen-bond acceptors (Lipinski definition) is 4. The summed E-state index contributed by atoms with van der Waals surface area (Å²) < 4.78 is 19.0. The van der Waals surface area contributed by atoms with Gasteiger partial charge in [-0.25, -0.2) is 4.39 Å².